The van der Waals surface area contributed by atoms with E-state index in [-0.39, 0.29) is 0 Å². The van der Waals surface area contributed by atoms with Gasteiger partial charge in [-0.25, -0.2) is 9.50 Å². The number of hydrogen-bond acceptors (Lipinski definition) is 3. The zero-order valence-electron chi connectivity index (χ0n) is 5.60. The molecule has 2 aromatic rings. The van der Waals surface area contributed by atoms with Crippen molar-refractivity contribution in [3.63, 3.8) is 0 Å². The zero-order chi connectivity index (χ0) is 7.68. The highest BCUT2D eigenvalue weighted by Crippen LogP contribution is 2.04. The van der Waals surface area contributed by atoms with Crippen LogP contribution in [0.15, 0.2) is 24.7 Å². The molecule has 2 aromatic heterocycles. The largest absolute Gasteiger partial charge is 0.223 e. The Labute approximate surface area is 62.7 Å². The summed E-state index contributed by atoms with van der Waals surface area (Å²) in [6, 6.07) is 5.56. The number of imidazole rings is 1. The van der Waals surface area contributed by atoms with Crippen LogP contribution in [0.25, 0.3) is 5.52 Å². The van der Waals surface area contributed by atoms with Crippen molar-refractivity contribution in [2.45, 2.75) is 0 Å². The Balaban J connectivity index is 2.89. The quantitative estimate of drug-likeness (QED) is 0.544. The van der Waals surface area contributed by atoms with Crippen LogP contribution in [0.4, 0.5) is 0 Å². The molecule has 11 heavy (non-hydrogen) atoms. The van der Waals surface area contributed by atoms with E-state index in [0.29, 0.717) is 5.69 Å². The molecule has 0 aromatic carbocycles. The molecule has 2 heterocycles. The summed E-state index contributed by atoms with van der Waals surface area (Å²) in [5.74, 6) is 0. The maximum atomic E-state index is 8.57. The standard InChI is InChI=1S/C7H4N4/c8-4-6-7-2-1-3-10-11(7)5-9-6/h1-3,5H. The van der Waals surface area contributed by atoms with E-state index < -0.39 is 0 Å². The van der Waals surface area contributed by atoms with Gasteiger partial charge in [-0.05, 0) is 12.1 Å². The second kappa shape index (κ2) is 2.06. The van der Waals surface area contributed by atoms with Crippen molar-refractivity contribution in [1.82, 2.24) is 14.6 Å². The molecule has 0 aliphatic heterocycles. The molecular weight excluding hydrogens is 140 g/mol. The Morgan fingerprint density at radius 3 is 3.27 bits per heavy atom. The van der Waals surface area contributed by atoms with E-state index in [2.05, 4.69) is 10.1 Å². The van der Waals surface area contributed by atoms with Gasteiger partial charge in [0.05, 0.1) is 0 Å². The van der Waals surface area contributed by atoms with Crippen LogP contribution in [0.3, 0.4) is 0 Å². The average Bonchev–Trinajstić information content (AvgIpc) is 2.47. The normalized spacial score (nSPS) is 9.73. The van der Waals surface area contributed by atoms with Crippen LogP contribution >= 0.6 is 0 Å². The number of nitrogens with zero attached hydrogens (tertiary/aromatic N) is 4. The number of rotatable bonds is 0. The van der Waals surface area contributed by atoms with Crippen molar-refractivity contribution >= 4 is 5.52 Å². The lowest BCUT2D eigenvalue weighted by Gasteiger charge is -1.87. The van der Waals surface area contributed by atoms with Crippen LogP contribution in [0.5, 0.6) is 0 Å². The molecular formula is C7H4N4. The maximum Gasteiger partial charge on any atom is 0.167 e. The van der Waals surface area contributed by atoms with Crippen LogP contribution in [0, 0.1) is 11.3 Å². The molecule has 0 spiro atoms. The second-order valence-electron chi connectivity index (χ2n) is 2.06. The van der Waals surface area contributed by atoms with Gasteiger partial charge in [0.25, 0.3) is 0 Å². The van der Waals surface area contributed by atoms with Crippen LogP contribution in [0.2, 0.25) is 0 Å². The highest BCUT2D eigenvalue weighted by molar-refractivity contribution is 5.55. The molecule has 0 N–H and O–H groups in total. The van der Waals surface area contributed by atoms with Crippen molar-refractivity contribution in [1.29, 1.82) is 5.26 Å². The highest BCUT2D eigenvalue weighted by atomic mass is 15.2. The predicted octanol–water partition coefficient (Wildman–Crippen LogP) is 0.601. The van der Waals surface area contributed by atoms with Gasteiger partial charge >= 0.3 is 0 Å². The van der Waals surface area contributed by atoms with Gasteiger partial charge in [0.15, 0.2) is 5.69 Å². The van der Waals surface area contributed by atoms with E-state index in [1.807, 2.05) is 6.07 Å². The second-order valence-corrected chi connectivity index (χ2v) is 2.06. The summed E-state index contributed by atoms with van der Waals surface area (Å²) in [5.41, 5.74) is 1.16. The summed E-state index contributed by atoms with van der Waals surface area (Å²) in [6.07, 6.45) is 3.17. The van der Waals surface area contributed by atoms with Gasteiger partial charge in [-0.2, -0.15) is 10.4 Å². The molecule has 0 bridgehead atoms. The molecule has 0 radical (unpaired) electrons. The van der Waals surface area contributed by atoms with Crippen molar-refractivity contribution < 1.29 is 0 Å². The summed E-state index contributed by atoms with van der Waals surface area (Å²) >= 11 is 0. The lowest BCUT2D eigenvalue weighted by molar-refractivity contribution is 0.926. The molecule has 0 amide bonds. The minimum atomic E-state index is 0.415. The third kappa shape index (κ3) is 0.749. The van der Waals surface area contributed by atoms with Gasteiger partial charge in [0, 0.05) is 6.20 Å². The maximum absolute atomic E-state index is 8.57. The van der Waals surface area contributed by atoms with Crippen molar-refractivity contribution in [2.75, 3.05) is 0 Å². The fourth-order valence-corrected chi connectivity index (χ4v) is 0.927. The van der Waals surface area contributed by atoms with Crippen LogP contribution in [-0.4, -0.2) is 14.6 Å². The lowest BCUT2D eigenvalue weighted by atomic mass is 10.4. The summed E-state index contributed by atoms with van der Waals surface area (Å²) in [7, 11) is 0. The molecule has 0 aliphatic rings. The van der Waals surface area contributed by atoms with E-state index in [0.717, 1.165) is 5.52 Å². The molecule has 0 saturated carbocycles. The van der Waals surface area contributed by atoms with Crippen LogP contribution < -0.4 is 0 Å². The fourth-order valence-electron chi connectivity index (χ4n) is 0.927. The van der Waals surface area contributed by atoms with Gasteiger partial charge in [-0.3, -0.25) is 0 Å². The first-order valence-corrected chi connectivity index (χ1v) is 3.10. The van der Waals surface area contributed by atoms with Crippen molar-refractivity contribution in [3.8, 4) is 6.07 Å². The molecule has 2 rings (SSSR count). The highest BCUT2D eigenvalue weighted by Gasteiger charge is 2.00. The first kappa shape index (κ1) is 5.86. The molecule has 0 fully saturated rings. The fraction of sp³-hybridized carbons (Fsp3) is 0. The number of aromatic nitrogens is 3. The Morgan fingerprint density at radius 2 is 2.45 bits per heavy atom. The number of fused-ring (bicyclic) bond motifs is 1. The van der Waals surface area contributed by atoms with Gasteiger partial charge < -0.3 is 0 Å². The van der Waals surface area contributed by atoms with E-state index in [1.54, 1.807) is 22.8 Å². The summed E-state index contributed by atoms with van der Waals surface area (Å²) < 4.78 is 1.57. The van der Waals surface area contributed by atoms with Crippen molar-refractivity contribution in [3.05, 3.63) is 30.4 Å². The Morgan fingerprint density at radius 1 is 1.55 bits per heavy atom. The van der Waals surface area contributed by atoms with Gasteiger partial charge in [-0.1, -0.05) is 0 Å². The van der Waals surface area contributed by atoms with E-state index in [4.69, 9.17) is 5.26 Å². The smallest absolute Gasteiger partial charge is 0.167 e. The topological polar surface area (TPSA) is 54.0 Å². The van der Waals surface area contributed by atoms with E-state index >= 15 is 0 Å². The molecule has 0 saturated heterocycles. The predicted molar refractivity (Wildman–Crippen MR) is 37.7 cm³/mol. The third-order valence-corrected chi connectivity index (χ3v) is 1.42. The Kier molecular flexibility index (Phi) is 1.10. The molecule has 4 heteroatoms. The summed E-state index contributed by atoms with van der Waals surface area (Å²) in [6.45, 7) is 0. The first-order valence-electron chi connectivity index (χ1n) is 3.10. The van der Waals surface area contributed by atoms with Gasteiger partial charge in [0.2, 0.25) is 0 Å². The average molecular weight is 144 g/mol. The zero-order valence-corrected chi connectivity index (χ0v) is 5.60. The summed E-state index contributed by atoms with van der Waals surface area (Å²) in [4.78, 5) is 3.85. The summed E-state index contributed by atoms with van der Waals surface area (Å²) in [5, 5.41) is 12.5. The lowest BCUT2D eigenvalue weighted by Crippen LogP contribution is -1.86. The molecule has 52 valence electrons. The van der Waals surface area contributed by atoms with Gasteiger partial charge in [0.1, 0.15) is 17.9 Å². The SMILES string of the molecule is N#Cc1ncn2ncccc12. The first-order chi connectivity index (χ1) is 5.42. The molecule has 0 atom stereocenters. The monoisotopic (exact) mass is 144 g/mol. The minimum Gasteiger partial charge on any atom is -0.223 e. The number of hydrogen-bond donors (Lipinski definition) is 0. The molecule has 0 aliphatic carbocycles. The van der Waals surface area contributed by atoms with Crippen LogP contribution in [-0.2, 0) is 0 Å². The molecule has 4 nitrogen and oxygen atoms in total. The Bertz CT molecular complexity index is 423. The molecule has 0 unspecified atom stereocenters. The van der Waals surface area contributed by atoms with Gasteiger partial charge in [-0.15, -0.1) is 0 Å². The van der Waals surface area contributed by atoms with Crippen molar-refractivity contribution in [2.24, 2.45) is 0 Å². The minimum absolute atomic E-state index is 0.415. The number of nitriles is 1. The van der Waals surface area contributed by atoms with E-state index in [9.17, 15) is 0 Å². The van der Waals surface area contributed by atoms with Crippen LogP contribution in [0.1, 0.15) is 5.69 Å². The third-order valence-electron chi connectivity index (χ3n) is 1.42. The van der Waals surface area contributed by atoms with E-state index in [1.165, 1.54) is 6.33 Å². The Hall–Kier alpha value is -1.89.